The van der Waals surface area contributed by atoms with E-state index in [9.17, 15) is 14.0 Å². The Balaban J connectivity index is 2.10. The molecule has 1 atom stereocenters. The smallest absolute Gasteiger partial charge is 0.261 e. The molecule has 0 bridgehead atoms. The second-order valence-corrected chi connectivity index (χ2v) is 6.79. The van der Waals surface area contributed by atoms with Gasteiger partial charge in [0.1, 0.15) is 17.6 Å². The number of rotatable bonds is 9. The Morgan fingerprint density at radius 2 is 1.79 bits per heavy atom. The van der Waals surface area contributed by atoms with Crippen LogP contribution >= 0.6 is 11.6 Å². The van der Waals surface area contributed by atoms with E-state index >= 15 is 0 Å². The highest BCUT2D eigenvalue weighted by Crippen LogP contribution is 2.16. The third-order valence-corrected chi connectivity index (χ3v) is 4.41. The molecule has 0 aliphatic heterocycles. The van der Waals surface area contributed by atoms with Gasteiger partial charge in [0.15, 0.2) is 6.61 Å². The summed E-state index contributed by atoms with van der Waals surface area (Å²) in [5.74, 6) is -0.453. The predicted octanol–water partition coefficient (Wildman–Crippen LogP) is 3.80. The SMILES string of the molecule is CCCNC(=O)[C@H](C)N(Cc1ccc(F)cc1)C(=O)COc1ccc(Cl)cc1. The summed E-state index contributed by atoms with van der Waals surface area (Å²) < 4.78 is 18.7. The summed E-state index contributed by atoms with van der Waals surface area (Å²) in [7, 11) is 0. The minimum absolute atomic E-state index is 0.170. The summed E-state index contributed by atoms with van der Waals surface area (Å²) in [5.41, 5.74) is 0.719. The molecule has 7 heteroatoms. The zero-order valence-electron chi connectivity index (χ0n) is 16.0. The molecule has 5 nitrogen and oxygen atoms in total. The van der Waals surface area contributed by atoms with Crippen molar-refractivity contribution < 1.29 is 18.7 Å². The van der Waals surface area contributed by atoms with Gasteiger partial charge in [-0.1, -0.05) is 30.7 Å². The van der Waals surface area contributed by atoms with E-state index in [4.69, 9.17) is 16.3 Å². The number of hydrogen-bond acceptors (Lipinski definition) is 3. The van der Waals surface area contributed by atoms with Crippen LogP contribution in [0.3, 0.4) is 0 Å². The summed E-state index contributed by atoms with van der Waals surface area (Å²) in [6.45, 7) is 4.09. The van der Waals surface area contributed by atoms with Crippen molar-refractivity contribution in [2.24, 2.45) is 0 Å². The van der Waals surface area contributed by atoms with Gasteiger partial charge in [0.2, 0.25) is 5.91 Å². The van der Waals surface area contributed by atoms with Crippen LogP contribution in [0.2, 0.25) is 5.02 Å². The summed E-state index contributed by atoms with van der Waals surface area (Å²) >= 11 is 5.84. The molecular formula is C21H24ClFN2O3. The molecule has 0 aliphatic carbocycles. The molecule has 0 heterocycles. The maximum atomic E-state index is 13.2. The molecule has 150 valence electrons. The number of hydrogen-bond donors (Lipinski definition) is 1. The van der Waals surface area contributed by atoms with Gasteiger partial charge < -0.3 is 15.0 Å². The van der Waals surface area contributed by atoms with Crippen molar-refractivity contribution in [3.8, 4) is 5.75 Å². The van der Waals surface area contributed by atoms with Crippen molar-refractivity contribution in [3.05, 3.63) is 64.9 Å². The Hall–Kier alpha value is -2.60. The lowest BCUT2D eigenvalue weighted by Gasteiger charge is -2.28. The van der Waals surface area contributed by atoms with Crippen LogP contribution in [0.1, 0.15) is 25.8 Å². The van der Waals surface area contributed by atoms with Gasteiger partial charge >= 0.3 is 0 Å². The number of amides is 2. The molecule has 2 rings (SSSR count). The zero-order chi connectivity index (χ0) is 20.5. The standard InChI is InChI=1S/C21H24ClFN2O3/c1-3-12-24-21(27)15(2)25(13-16-4-8-18(23)9-5-16)20(26)14-28-19-10-6-17(22)7-11-19/h4-11,15H,3,12-14H2,1-2H3,(H,24,27)/t15-/m0/s1. The van der Waals surface area contributed by atoms with Crippen molar-refractivity contribution in [1.82, 2.24) is 10.2 Å². The molecule has 0 saturated carbocycles. The van der Waals surface area contributed by atoms with Crippen LogP contribution in [0.25, 0.3) is 0 Å². The van der Waals surface area contributed by atoms with Gasteiger partial charge in [-0.3, -0.25) is 9.59 Å². The number of halogens is 2. The molecule has 28 heavy (non-hydrogen) atoms. The molecule has 0 saturated heterocycles. The van der Waals surface area contributed by atoms with Crippen LogP contribution in [0.4, 0.5) is 4.39 Å². The summed E-state index contributed by atoms with van der Waals surface area (Å²) in [4.78, 5) is 26.6. The highest BCUT2D eigenvalue weighted by atomic mass is 35.5. The molecule has 0 fully saturated rings. The molecule has 0 spiro atoms. The van der Waals surface area contributed by atoms with Gasteiger partial charge in [-0.2, -0.15) is 0 Å². The monoisotopic (exact) mass is 406 g/mol. The number of nitrogens with zero attached hydrogens (tertiary/aromatic N) is 1. The topological polar surface area (TPSA) is 58.6 Å². The van der Waals surface area contributed by atoms with Crippen LogP contribution in [-0.2, 0) is 16.1 Å². The summed E-state index contributed by atoms with van der Waals surface area (Å²) in [6.07, 6.45) is 0.796. The van der Waals surface area contributed by atoms with Crippen molar-refractivity contribution in [2.75, 3.05) is 13.2 Å². The Labute approximate surface area is 169 Å². The van der Waals surface area contributed by atoms with E-state index in [2.05, 4.69) is 5.32 Å². The summed E-state index contributed by atoms with van der Waals surface area (Å²) in [5, 5.41) is 3.36. The fraction of sp³-hybridized carbons (Fsp3) is 0.333. The molecule has 1 N–H and O–H groups in total. The van der Waals surface area contributed by atoms with E-state index in [0.717, 1.165) is 12.0 Å². The number of carbonyl (C=O) groups is 2. The Kier molecular flexibility index (Phi) is 8.26. The fourth-order valence-electron chi connectivity index (χ4n) is 2.52. The zero-order valence-corrected chi connectivity index (χ0v) is 16.7. The average molecular weight is 407 g/mol. The number of carbonyl (C=O) groups excluding carboxylic acids is 2. The minimum atomic E-state index is -0.696. The molecule has 2 aromatic rings. The molecule has 0 aliphatic rings. The average Bonchev–Trinajstić information content (AvgIpc) is 2.70. The van der Waals surface area contributed by atoms with Gasteiger partial charge in [-0.25, -0.2) is 4.39 Å². The van der Waals surface area contributed by atoms with E-state index in [0.29, 0.717) is 17.3 Å². The van der Waals surface area contributed by atoms with Crippen molar-refractivity contribution >= 4 is 23.4 Å². The van der Waals surface area contributed by atoms with Gasteiger partial charge in [-0.15, -0.1) is 0 Å². The fourth-order valence-corrected chi connectivity index (χ4v) is 2.65. The number of nitrogens with one attached hydrogen (secondary N) is 1. The van der Waals surface area contributed by atoms with Crippen LogP contribution in [0, 0.1) is 5.82 Å². The summed E-state index contributed by atoms with van der Waals surface area (Å²) in [6, 6.07) is 11.8. The molecular weight excluding hydrogens is 383 g/mol. The first kappa shape index (κ1) is 21.7. The lowest BCUT2D eigenvalue weighted by atomic mass is 10.1. The van der Waals surface area contributed by atoms with Crippen LogP contribution in [0.5, 0.6) is 5.75 Å². The second kappa shape index (κ2) is 10.7. The maximum Gasteiger partial charge on any atom is 0.261 e. The van der Waals surface area contributed by atoms with E-state index in [1.165, 1.54) is 17.0 Å². The van der Waals surface area contributed by atoms with Gasteiger partial charge in [0.05, 0.1) is 0 Å². The Bertz CT molecular complexity index is 781. The highest BCUT2D eigenvalue weighted by molar-refractivity contribution is 6.30. The van der Waals surface area contributed by atoms with Gasteiger partial charge in [0, 0.05) is 18.1 Å². The van der Waals surface area contributed by atoms with Crippen molar-refractivity contribution in [2.45, 2.75) is 32.9 Å². The first-order valence-electron chi connectivity index (χ1n) is 9.10. The highest BCUT2D eigenvalue weighted by Gasteiger charge is 2.26. The predicted molar refractivity (Wildman–Crippen MR) is 107 cm³/mol. The normalized spacial score (nSPS) is 11.6. The minimum Gasteiger partial charge on any atom is -0.484 e. The van der Waals surface area contributed by atoms with Crippen LogP contribution in [0.15, 0.2) is 48.5 Å². The first-order valence-corrected chi connectivity index (χ1v) is 9.48. The third-order valence-electron chi connectivity index (χ3n) is 4.16. The first-order chi connectivity index (χ1) is 13.4. The number of benzene rings is 2. The van der Waals surface area contributed by atoms with E-state index in [-0.39, 0.29) is 30.8 Å². The van der Waals surface area contributed by atoms with E-state index in [1.807, 2.05) is 6.92 Å². The van der Waals surface area contributed by atoms with Crippen molar-refractivity contribution in [1.29, 1.82) is 0 Å². The Morgan fingerprint density at radius 3 is 2.39 bits per heavy atom. The van der Waals surface area contributed by atoms with Gasteiger partial charge in [-0.05, 0) is 55.3 Å². The molecule has 2 amide bonds. The number of ether oxygens (including phenoxy) is 1. The largest absolute Gasteiger partial charge is 0.484 e. The van der Waals surface area contributed by atoms with Gasteiger partial charge in [0.25, 0.3) is 5.91 Å². The molecule has 2 aromatic carbocycles. The molecule has 0 radical (unpaired) electrons. The molecule has 0 aromatic heterocycles. The lowest BCUT2D eigenvalue weighted by Crippen LogP contribution is -2.49. The van der Waals surface area contributed by atoms with E-state index < -0.39 is 6.04 Å². The van der Waals surface area contributed by atoms with Crippen molar-refractivity contribution in [3.63, 3.8) is 0 Å². The quantitative estimate of drug-likeness (QED) is 0.689. The Morgan fingerprint density at radius 1 is 1.14 bits per heavy atom. The van der Waals surface area contributed by atoms with Crippen LogP contribution in [-0.4, -0.2) is 35.9 Å². The van der Waals surface area contributed by atoms with E-state index in [1.54, 1.807) is 43.3 Å². The second-order valence-electron chi connectivity index (χ2n) is 6.36. The lowest BCUT2D eigenvalue weighted by molar-refractivity contribution is -0.142. The molecule has 0 unspecified atom stereocenters. The maximum absolute atomic E-state index is 13.2. The van der Waals surface area contributed by atoms with Crippen LogP contribution < -0.4 is 10.1 Å². The third kappa shape index (κ3) is 6.53.